The van der Waals surface area contributed by atoms with Crippen LogP contribution in [-0.4, -0.2) is 18.5 Å². The van der Waals surface area contributed by atoms with Gasteiger partial charge in [0.05, 0.1) is 0 Å². The Labute approximate surface area is 79.3 Å². The lowest BCUT2D eigenvalue weighted by Crippen LogP contribution is -2.41. The van der Waals surface area contributed by atoms with Gasteiger partial charge < -0.3 is 4.74 Å². The van der Waals surface area contributed by atoms with Gasteiger partial charge in [0, 0.05) is 13.5 Å². The summed E-state index contributed by atoms with van der Waals surface area (Å²) in [6.07, 6.45) is 4.41. The molecule has 2 nitrogen and oxygen atoms in total. The van der Waals surface area contributed by atoms with Crippen molar-refractivity contribution in [3.8, 4) is 0 Å². The van der Waals surface area contributed by atoms with Gasteiger partial charge in [0.1, 0.15) is 0 Å². The van der Waals surface area contributed by atoms with Gasteiger partial charge in [-0.2, -0.15) is 0 Å². The maximum atomic E-state index is 11.8. The summed E-state index contributed by atoms with van der Waals surface area (Å²) in [5.41, 5.74) is 1.22. The van der Waals surface area contributed by atoms with Crippen molar-refractivity contribution < 1.29 is 9.53 Å². The molecule has 1 aliphatic carbocycles. The molecule has 0 amide bonds. The minimum atomic E-state index is -0.755. The predicted molar refractivity (Wildman–Crippen MR) is 52.6 cm³/mol. The molecule has 0 aliphatic heterocycles. The molecule has 0 atom stereocenters. The quantitative estimate of drug-likeness (QED) is 0.666. The first-order valence-electron chi connectivity index (χ1n) is 4.54. The van der Waals surface area contributed by atoms with Crippen LogP contribution in [0.5, 0.6) is 0 Å². The Hall–Kier alpha value is -0.890. The summed E-state index contributed by atoms with van der Waals surface area (Å²) < 4.78 is 5.39. The molecule has 1 rings (SSSR count). The lowest BCUT2D eigenvalue weighted by molar-refractivity contribution is -0.132. The van der Waals surface area contributed by atoms with Crippen molar-refractivity contribution in [1.29, 1.82) is 0 Å². The molecular weight excluding hydrogens is 164 g/mol. The second-order valence-electron chi connectivity index (χ2n) is 3.36. The molecule has 13 heavy (non-hydrogen) atoms. The highest BCUT2D eigenvalue weighted by Gasteiger charge is 2.42. The van der Waals surface area contributed by atoms with Gasteiger partial charge in [-0.1, -0.05) is 19.1 Å². The molecule has 0 aromatic heterocycles. The van der Waals surface area contributed by atoms with E-state index in [1.54, 1.807) is 7.11 Å². The van der Waals surface area contributed by atoms with Crippen molar-refractivity contribution in [2.24, 2.45) is 0 Å². The van der Waals surface area contributed by atoms with Crippen LogP contribution in [0.15, 0.2) is 23.3 Å². The summed E-state index contributed by atoms with van der Waals surface area (Å²) in [4.78, 5) is 11.8. The topological polar surface area (TPSA) is 26.3 Å². The highest BCUT2D eigenvalue weighted by molar-refractivity contribution is 5.95. The molecule has 0 bridgehead atoms. The fraction of sp³-hybridized carbons (Fsp3) is 0.545. The van der Waals surface area contributed by atoms with E-state index in [1.807, 2.05) is 32.9 Å². The summed E-state index contributed by atoms with van der Waals surface area (Å²) >= 11 is 0. The Morgan fingerprint density at radius 1 is 1.38 bits per heavy atom. The van der Waals surface area contributed by atoms with Gasteiger partial charge in [0.15, 0.2) is 11.4 Å². The Morgan fingerprint density at radius 3 is 2.15 bits per heavy atom. The summed E-state index contributed by atoms with van der Waals surface area (Å²) in [7, 11) is 1.59. The van der Waals surface area contributed by atoms with Gasteiger partial charge in [0.2, 0.25) is 0 Å². The number of allylic oxidation sites excluding steroid dienone is 2. The van der Waals surface area contributed by atoms with Gasteiger partial charge in [-0.25, -0.2) is 0 Å². The molecule has 0 fully saturated rings. The Bertz CT molecular complexity index is 266. The van der Waals surface area contributed by atoms with Crippen LogP contribution >= 0.6 is 0 Å². The number of Topliss-reactive ketones (excluding diaryl/α,β-unsaturated/α-hetero) is 1. The first kappa shape index (κ1) is 10.2. The largest absolute Gasteiger partial charge is 0.362 e. The molecule has 1 aliphatic rings. The van der Waals surface area contributed by atoms with Gasteiger partial charge in [-0.15, -0.1) is 0 Å². The van der Waals surface area contributed by atoms with Crippen LogP contribution in [0.25, 0.3) is 0 Å². The van der Waals surface area contributed by atoms with Crippen LogP contribution < -0.4 is 0 Å². The molecule has 0 spiro atoms. The summed E-state index contributed by atoms with van der Waals surface area (Å²) in [6.45, 7) is 5.73. The average Bonchev–Trinajstić information content (AvgIpc) is 2.43. The summed E-state index contributed by atoms with van der Waals surface area (Å²) in [6, 6.07) is 0. The minimum Gasteiger partial charge on any atom is -0.362 e. The zero-order valence-corrected chi connectivity index (χ0v) is 8.68. The smallest absolute Gasteiger partial charge is 0.172 e. The summed E-state index contributed by atoms with van der Waals surface area (Å²) in [5.74, 6) is 0.134. The second kappa shape index (κ2) is 3.46. The van der Waals surface area contributed by atoms with Crippen molar-refractivity contribution in [2.75, 3.05) is 7.11 Å². The predicted octanol–water partition coefficient (Wildman–Crippen LogP) is 2.26. The first-order valence-corrected chi connectivity index (χ1v) is 4.54. The first-order chi connectivity index (χ1) is 6.09. The molecule has 0 aromatic carbocycles. The Morgan fingerprint density at radius 2 is 1.85 bits per heavy atom. The van der Waals surface area contributed by atoms with Gasteiger partial charge in [-0.05, 0) is 25.0 Å². The standard InChI is InChI=1S/C11H16O2/c1-5-10(12)11(13-4)8(2)6-7-9(11)3/h6-7H,5H2,1-4H3. The number of ketones is 1. The van der Waals surface area contributed by atoms with E-state index < -0.39 is 5.60 Å². The van der Waals surface area contributed by atoms with Crippen molar-refractivity contribution in [2.45, 2.75) is 32.8 Å². The molecule has 72 valence electrons. The van der Waals surface area contributed by atoms with E-state index >= 15 is 0 Å². The molecule has 0 aromatic rings. The third-order valence-corrected chi connectivity index (χ3v) is 2.71. The third kappa shape index (κ3) is 1.25. The molecule has 0 radical (unpaired) electrons. The van der Waals surface area contributed by atoms with Crippen molar-refractivity contribution in [3.63, 3.8) is 0 Å². The van der Waals surface area contributed by atoms with Crippen LogP contribution in [0.4, 0.5) is 0 Å². The monoisotopic (exact) mass is 180 g/mol. The van der Waals surface area contributed by atoms with E-state index in [4.69, 9.17) is 4.74 Å². The molecule has 0 heterocycles. The third-order valence-electron chi connectivity index (χ3n) is 2.71. The maximum Gasteiger partial charge on any atom is 0.172 e. The molecule has 0 saturated carbocycles. The van der Waals surface area contributed by atoms with Gasteiger partial charge >= 0.3 is 0 Å². The van der Waals surface area contributed by atoms with Gasteiger partial charge in [0.25, 0.3) is 0 Å². The normalized spacial score (nSPS) is 19.7. The fourth-order valence-corrected chi connectivity index (χ4v) is 1.92. The van der Waals surface area contributed by atoms with E-state index in [2.05, 4.69) is 0 Å². The summed E-state index contributed by atoms with van der Waals surface area (Å²) in [5, 5.41) is 0. The number of ether oxygens (including phenoxy) is 1. The lowest BCUT2D eigenvalue weighted by atomic mass is 9.86. The zero-order chi connectivity index (χ0) is 10.1. The lowest BCUT2D eigenvalue weighted by Gasteiger charge is -2.29. The fourth-order valence-electron chi connectivity index (χ4n) is 1.92. The SMILES string of the molecule is CCC(=O)C1(OC)C(C)=CC=C1C. The minimum absolute atomic E-state index is 0.134. The highest BCUT2D eigenvalue weighted by Crippen LogP contribution is 2.35. The van der Waals surface area contributed by atoms with Crippen LogP contribution in [0.1, 0.15) is 27.2 Å². The van der Waals surface area contributed by atoms with Crippen LogP contribution in [0.2, 0.25) is 0 Å². The van der Waals surface area contributed by atoms with Crippen LogP contribution in [0.3, 0.4) is 0 Å². The molecule has 0 unspecified atom stereocenters. The Kier molecular flexibility index (Phi) is 2.71. The average molecular weight is 180 g/mol. The number of carbonyl (C=O) groups excluding carboxylic acids is 1. The highest BCUT2D eigenvalue weighted by atomic mass is 16.5. The second-order valence-corrected chi connectivity index (χ2v) is 3.36. The van der Waals surface area contributed by atoms with Crippen molar-refractivity contribution in [3.05, 3.63) is 23.3 Å². The number of methoxy groups -OCH3 is 1. The van der Waals surface area contributed by atoms with Crippen molar-refractivity contribution in [1.82, 2.24) is 0 Å². The van der Waals surface area contributed by atoms with E-state index in [0.29, 0.717) is 6.42 Å². The van der Waals surface area contributed by atoms with Crippen LogP contribution in [-0.2, 0) is 9.53 Å². The molecule has 2 heteroatoms. The van der Waals surface area contributed by atoms with Gasteiger partial charge in [-0.3, -0.25) is 4.79 Å². The Balaban J connectivity index is 3.13. The molecular formula is C11H16O2. The van der Waals surface area contributed by atoms with Crippen LogP contribution in [0, 0.1) is 0 Å². The number of rotatable bonds is 3. The van der Waals surface area contributed by atoms with E-state index in [1.165, 1.54) is 0 Å². The van der Waals surface area contributed by atoms with E-state index in [0.717, 1.165) is 11.1 Å². The van der Waals surface area contributed by atoms with E-state index in [-0.39, 0.29) is 5.78 Å². The number of hydrogen-bond donors (Lipinski definition) is 0. The van der Waals surface area contributed by atoms with Crippen molar-refractivity contribution >= 4 is 5.78 Å². The number of hydrogen-bond acceptors (Lipinski definition) is 2. The number of carbonyl (C=O) groups is 1. The maximum absolute atomic E-state index is 11.8. The molecule has 0 N–H and O–H groups in total. The zero-order valence-electron chi connectivity index (χ0n) is 8.68. The molecule has 0 saturated heterocycles. The van der Waals surface area contributed by atoms with E-state index in [9.17, 15) is 4.79 Å².